The highest BCUT2D eigenvalue weighted by Crippen LogP contribution is 2.09. The maximum absolute atomic E-state index is 12.2. The number of carboxylic acid groups (broad SMARTS) is 1. The van der Waals surface area contributed by atoms with Gasteiger partial charge in [0.25, 0.3) is 5.91 Å². The minimum atomic E-state index is -0.945. The number of benzene rings is 2. The molecular weight excluding hydrogens is 360 g/mol. The van der Waals surface area contributed by atoms with Gasteiger partial charge < -0.3 is 20.1 Å². The van der Waals surface area contributed by atoms with Crippen LogP contribution in [0.25, 0.3) is 0 Å². The van der Waals surface area contributed by atoms with Crippen LogP contribution in [0.3, 0.4) is 0 Å². The standard InChI is InChI=1S/C21H24N2O5/c1-23(13-11-20(25)26)21(27)17-9-7-16(8-10-17)15-22-19(24)12-14-28-18-5-3-2-4-6-18/h2-10H,11-15H2,1H3,(H,22,24)(H,25,26). The smallest absolute Gasteiger partial charge is 0.305 e. The van der Waals surface area contributed by atoms with Crippen LogP contribution in [0.15, 0.2) is 54.6 Å². The van der Waals surface area contributed by atoms with Gasteiger partial charge in [-0.15, -0.1) is 0 Å². The fraction of sp³-hybridized carbons (Fsp3) is 0.286. The number of amides is 2. The second-order valence-electron chi connectivity index (χ2n) is 6.26. The van der Waals surface area contributed by atoms with E-state index < -0.39 is 5.97 Å². The maximum Gasteiger partial charge on any atom is 0.305 e. The van der Waals surface area contributed by atoms with E-state index in [-0.39, 0.29) is 31.2 Å². The lowest BCUT2D eigenvalue weighted by molar-refractivity contribution is -0.137. The molecule has 0 saturated carbocycles. The normalized spacial score (nSPS) is 10.2. The molecule has 0 aliphatic heterocycles. The summed E-state index contributed by atoms with van der Waals surface area (Å²) in [4.78, 5) is 36.1. The summed E-state index contributed by atoms with van der Waals surface area (Å²) in [5.41, 5.74) is 1.33. The Hall–Kier alpha value is -3.35. The highest BCUT2D eigenvalue weighted by atomic mass is 16.5. The quantitative estimate of drug-likeness (QED) is 0.655. The molecule has 0 bridgehead atoms. The van der Waals surface area contributed by atoms with Gasteiger partial charge in [-0.3, -0.25) is 14.4 Å². The zero-order valence-corrected chi connectivity index (χ0v) is 15.8. The lowest BCUT2D eigenvalue weighted by Crippen LogP contribution is -2.29. The Morgan fingerprint density at radius 2 is 1.68 bits per heavy atom. The molecule has 0 unspecified atom stereocenters. The van der Waals surface area contributed by atoms with Gasteiger partial charge in [-0.2, -0.15) is 0 Å². The van der Waals surface area contributed by atoms with Crippen molar-refractivity contribution in [3.05, 3.63) is 65.7 Å². The van der Waals surface area contributed by atoms with Crippen molar-refractivity contribution in [2.24, 2.45) is 0 Å². The van der Waals surface area contributed by atoms with E-state index in [9.17, 15) is 14.4 Å². The van der Waals surface area contributed by atoms with Crippen molar-refractivity contribution in [2.45, 2.75) is 19.4 Å². The third-order valence-electron chi connectivity index (χ3n) is 4.04. The molecule has 0 saturated heterocycles. The van der Waals surface area contributed by atoms with Crippen molar-refractivity contribution in [1.82, 2.24) is 10.2 Å². The van der Waals surface area contributed by atoms with Crippen molar-refractivity contribution >= 4 is 17.8 Å². The van der Waals surface area contributed by atoms with Crippen LogP contribution in [0.2, 0.25) is 0 Å². The van der Waals surface area contributed by atoms with E-state index in [0.717, 1.165) is 11.3 Å². The molecule has 2 aromatic rings. The highest BCUT2D eigenvalue weighted by Gasteiger charge is 2.12. The number of rotatable bonds is 10. The van der Waals surface area contributed by atoms with Crippen molar-refractivity contribution in [2.75, 3.05) is 20.2 Å². The largest absolute Gasteiger partial charge is 0.493 e. The third kappa shape index (κ3) is 7.11. The lowest BCUT2D eigenvalue weighted by atomic mass is 10.1. The Morgan fingerprint density at radius 1 is 1.00 bits per heavy atom. The minimum absolute atomic E-state index is 0.0969. The third-order valence-corrected chi connectivity index (χ3v) is 4.04. The number of ether oxygens (including phenoxy) is 1. The van der Waals surface area contributed by atoms with E-state index in [2.05, 4.69) is 5.32 Å². The first-order valence-corrected chi connectivity index (χ1v) is 8.96. The van der Waals surface area contributed by atoms with Gasteiger partial charge in [0.1, 0.15) is 5.75 Å². The molecule has 0 fully saturated rings. The molecule has 2 N–H and O–H groups in total. The molecule has 2 rings (SSSR count). The second-order valence-corrected chi connectivity index (χ2v) is 6.26. The lowest BCUT2D eigenvalue weighted by Gasteiger charge is -2.16. The Kier molecular flexibility index (Phi) is 8.02. The predicted octanol–water partition coefficient (Wildman–Crippen LogP) is 2.32. The van der Waals surface area contributed by atoms with E-state index in [1.807, 2.05) is 30.3 Å². The SMILES string of the molecule is CN(CCC(=O)O)C(=O)c1ccc(CNC(=O)CCOc2ccccc2)cc1. The van der Waals surface area contributed by atoms with Crippen molar-refractivity contribution in [3.63, 3.8) is 0 Å². The van der Waals surface area contributed by atoms with Crippen molar-refractivity contribution < 1.29 is 24.2 Å². The fourth-order valence-corrected chi connectivity index (χ4v) is 2.42. The zero-order valence-electron chi connectivity index (χ0n) is 15.8. The van der Waals surface area contributed by atoms with Crippen LogP contribution in [0.1, 0.15) is 28.8 Å². The van der Waals surface area contributed by atoms with Gasteiger partial charge in [0, 0.05) is 25.7 Å². The summed E-state index contributed by atoms with van der Waals surface area (Å²) in [5.74, 6) is -0.580. The minimum Gasteiger partial charge on any atom is -0.493 e. The first-order valence-electron chi connectivity index (χ1n) is 8.96. The molecule has 7 heteroatoms. The molecule has 2 aromatic carbocycles. The number of carboxylic acids is 1. The summed E-state index contributed by atoms with van der Waals surface area (Å²) in [7, 11) is 1.57. The Bertz CT molecular complexity index is 790. The monoisotopic (exact) mass is 384 g/mol. The van der Waals surface area contributed by atoms with E-state index >= 15 is 0 Å². The molecule has 148 valence electrons. The number of nitrogens with one attached hydrogen (secondary N) is 1. The summed E-state index contributed by atoms with van der Waals surface area (Å²) in [6.07, 6.45) is 0.153. The number of para-hydroxylation sites is 1. The van der Waals surface area contributed by atoms with Gasteiger partial charge in [0.2, 0.25) is 5.91 Å². The van der Waals surface area contributed by atoms with Crippen LogP contribution in [-0.4, -0.2) is 48.0 Å². The number of aliphatic carboxylic acids is 1. The van der Waals surface area contributed by atoms with Crippen LogP contribution in [0.5, 0.6) is 5.75 Å². The summed E-state index contributed by atoms with van der Waals surface area (Å²) in [5, 5.41) is 11.5. The van der Waals surface area contributed by atoms with E-state index in [1.54, 1.807) is 31.3 Å². The highest BCUT2D eigenvalue weighted by molar-refractivity contribution is 5.94. The number of carbonyl (C=O) groups is 3. The summed E-state index contributed by atoms with van der Waals surface area (Å²) >= 11 is 0. The molecule has 7 nitrogen and oxygen atoms in total. The van der Waals surface area contributed by atoms with Crippen LogP contribution in [0.4, 0.5) is 0 Å². The molecule has 0 aliphatic carbocycles. The van der Waals surface area contributed by atoms with Crippen LogP contribution >= 0.6 is 0 Å². The fourth-order valence-electron chi connectivity index (χ4n) is 2.42. The van der Waals surface area contributed by atoms with Crippen LogP contribution in [-0.2, 0) is 16.1 Å². The summed E-state index contributed by atoms with van der Waals surface area (Å²) in [6.45, 7) is 0.802. The topological polar surface area (TPSA) is 95.9 Å². The number of nitrogens with zero attached hydrogens (tertiary/aromatic N) is 1. The summed E-state index contributed by atoms with van der Waals surface area (Å²) in [6, 6.07) is 16.2. The number of carbonyl (C=O) groups excluding carboxylic acids is 2. The van der Waals surface area contributed by atoms with E-state index in [0.29, 0.717) is 18.7 Å². The van der Waals surface area contributed by atoms with E-state index in [4.69, 9.17) is 9.84 Å². The zero-order chi connectivity index (χ0) is 20.4. The second kappa shape index (κ2) is 10.7. The summed E-state index contributed by atoms with van der Waals surface area (Å²) < 4.78 is 5.49. The molecule has 0 atom stereocenters. The average molecular weight is 384 g/mol. The van der Waals surface area contributed by atoms with Gasteiger partial charge in [-0.1, -0.05) is 30.3 Å². The molecule has 0 aliphatic rings. The molecule has 2 amide bonds. The maximum atomic E-state index is 12.2. The average Bonchev–Trinajstić information content (AvgIpc) is 2.71. The molecule has 28 heavy (non-hydrogen) atoms. The first kappa shape index (κ1) is 21.0. The van der Waals surface area contributed by atoms with Crippen molar-refractivity contribution in [1.29, 1.82) is 0 Å². The van der Waals surface area contributed by atoms with Crippen LogP contribution in [0, 0.1) is 0 Å². The van der Waals surface area contributed by atoms with Crippen LogP contribution < -0.4 is 10.1 Å². The molecule has 0 heterocycles. The van der Waals surface area contributed by atoms with E-state index in [1.165, 1.54) is 4.90 Å². The molecule has 0 aromatic heterocycles. The van der Waals surface area contributed by atoms with Gasteiger partial charge in [-0.05, 0) is 29.8 Å². The van der Waals surface area contributed by atoms with Gasteiger partial charge in [0.15, 0.2) is 0 Å². The number of hydrogen-bond donors (Lipinski definition) is 2. The van der Waals surface area contributed by atoms with Crippen molar-refractivity contribution in [3.8, 4) is 5.75 Å². The van der Waals surface area contributed by atoms with Gasteiger partial charge >= 0.3 is 5.97 Å². The molecular formula is C21H24N2O5. The van der Waals surface area contributed by atoms with Gasteiger partial charge in [0.05, 0.1) is 19.4 Å². The Morgan fingerprint density at radius 3 is 2.32 bits per heavy atom. The predicted molar refractivity (Wildman–Crippen MR) is 104 cm³/mol. The number of hydrogen-bond acceptors (Lipinski definition) is 4. The Labute approximate surface area is 163 Å². The molecule has 0 radical (unpaired) electrons. The first-order chi connectivity index (χ1) is 13.5. The molecule has 0 spiro atoms. The van der Waals surface area contributed by atoms with Gasteiger partial charge in [-0.25, -0.2) is 0 Å². The Balaban J connectivity index is 1.73.